The van der Waals surface area contributed by atoms with Crippen LogP contribution in [-0.2, 0) is 0 Å². The summed E-state index contributed by atoms with van der Waals surface area (Å²) in [5, 5.41) is 9.05. The summed E-state index contributed by atoms with van der Waals surface area (Å²) < 4.78 is 0. The predicted octanol–water partition coefficient (Wildman–Crippen LogP) is 5.14. The van der Waals surface area contributed by atoms with Gasteiger partial charge >= 0.3 is 0 Å². The third kappa shape index (κ3) is 3.47. The number of aryl methyl sites for hydroxylation is 1. The van der Waals surface area contributed by atoms with Crippen LogP contribution in [0, 0.1) is 6.92 Å². The Kier molecular flexibility index (Phi) is 4.82. The second-order valence-corrected chi connectivity index (χ2v) is 8.21. The summed E-state index contributed by atoms with van der Waals surface area (Å²) in [6, 6.07) is 8.31. The second-order valence-electron chi connectivity index (χ2n) is 6.23. The Bertz CT molecular complexity index is 902. The van der Waals surface area contributed by atoms with Crippen molar-refractivity contribution in [1.82, 2.24) is 15.3 Å². The monoisotopic (exact) mass is 392 g/mol. The molecule has 0 unspecified atom stereocenters. The molecule has 0 spiro atoms. The van der Waals surface area contributed by atoms with Crippen molar-refractivity contribution in [3.05, 3.63) is 39.4 Å². The first-order valence-corrected chi connectivity index (χ1v) is 9.89. The lowest BCUT2D eigenvalue weighted by molar-refractivity contribution is 0.478. The SMILES string of the molecule is Cc1sc2nc(Cl)nc(NC3CCNCC3)c2c1-c1ccc(Cl)cc1. The molecule has 0 radical (unpaired) electrons. The van der Waals surface area contributed by atoms with Crippen LogP contribution in [0.25, 0.3) is 21.3 Å². The van der Waals surface area contributed by atoms with Crippen LogP contribution in [0.2, 0.25) is 10.3 Å². The van der Waals surface area contributed by atoms with Gasteiger partial charge in [-0.15, -0.1) is 11.3 Å². The quantitative estimate of drug-likeness (QED) is 0.605. The fourth-order valence-corrected chi connectivity index (χ4v) is 4.70. The van der Waals surface area contributed by atoms with E-state index in [0.717, 1.165) is 58.1 Å². The molecule has 1 aliphatic heterocycles. The molecule has 7 heteroatoms. The maximum atomic E-state index is 6.18. The third-order valence-corrected chi connectivity index (χ3v) is 5.93. The summed E-state index contributed by atoms with van der Waals surface area (Å²) in [6.07, 6.45) is 2.14. The van der Waals surface area contributed by atoms with Crippen LogP contribution in [0.5, 0.6) is 0 Å². The lowest BCUT2D eigenvalue weighted by Gasteiger charge is -2.24. The van der Waals surface area contributed by atoms with E-state index in [0.29, 0.717) is 6.04 Å². The van der Waals surface area contributed by atoms with E-state index in [9.17, 15) is 0 Å². The van der Waals surface area contributed by atoms with E-state index in [4.69, 9.17) is 23.2 Å². The summed E-state index contributed by atoms with van der Waals surface area (Å²) in [5.74, 6) is 0.830. The number of hydrogen-bond donors (Lipinski definition) is 2. The molecule has 25 heavy (non-hydrogen) atoms. The minimum atomic E-state index is 0.285. The van der Waals surface area contributed by atoms with Gasteiger partial charge in [0.25, 0.3) is 0 Å². The summed E-state index contributed by atoms with van der Waals surface area (Å²) in [4.78, 5) is 11.1. The number of halogens is 2. The van der Waals surface area contributed by atoms with Crippen LogP contribution in [-0.4, -0.2) is 29.1 Å². The molecule has 0 amide bonds. The molecule has 1 aromatic carbocycles. The number of rotatable bonds is 3. The number of anilines is 1. The van der Waals surface area contributed by atoms with Crippen molar-refractivity contribution >= 4 is 50.6 Å². The number of thiophene rings is 1. The van der Waals surface area contributed by atoms with Crippen LogP contribution in [0.4, 0.5) is 5.82 Å². The van der Waals surface area contributed by atoms with Gasteiger partial charge in [-0.05, 0) is 62.2 Å². The minimum Gasteiger partial charge on any atom is -0.367 e. The molecule has 3 aromatic rings. The van der Waals surface area contributed by atoms with Crippen molar-refractivity contribution in [3.8, 4) is 11.1 Å². The highest BCUT2D eigenvalue weighted by Gasteiger charge is 2.21. The standard InChI is InChI=1S/C18H18Cl2N4S/c1-10-14(11-2-4-12(19)5-3-11)15-16(22-13-6-8-21-9-7-13)23-18(20)24-17(15)25-10/h2-5,13,21H,6-9H2,1H3,(H,22,23,24). The van der Waals surface area contributed by atoms with E-state index in [2.05, 4.69) is 27.5 Å². The maximum Gasteiger partial charge on any atom is 0.225 e. The van der Waals surface area contributed by atoms with Gasteiger partial charge in [0.1, 0.15) is 10.6 Å². The number of benzene rings is 1. The Balaban J connectivity index is 1.85. The Labute approximate surface area is 160 Å². The Morgan fingerprint density at radius 2 is 1.84 bits per heavy atom. The average molecular weight is 393 g/mol. The minimum absolute atomic E-state index is 0.285. The maximum absolute atomic E-state index is 6.18. The summed E-state index contributed by atoms with van der Waals surface area (Å²) in [5.41, 5.74) is 2.28. The molecular formula is C18H18Cl2N4S. The zero-order chi connectivity index (χ0) is 17.4. The van der Waals surface area contributed by atoms with E-state index in [1.54, 1.807) is 11.3 Å². The highest BCUT2D eigenvalue weighted by Crippen LogP contribution is 2.41. The van der Waals surface area contributed by atoms with Crippen molar-refractivity contribution in [2.45, 2.75) is 25.8 Å². The molecule has 0 bridgehead atoms. The van der Waals surface area contributed by atoms with Crippen molar-refractivity contribution in [3.63, 3.8) is 0 Å². The van der Waals surface area contributed by atoms with E-state index in [-0.39, 0.29) is 5.28 Å². The highest BCUT2D eigenvalue weighted by molar-refractivity contribution is 7.19. The third-order valence-electron chi connectivity index (χ3n) is 4.51. The molecule has 3 heterocycles. The van der Waals surface area contributed by atoms with Crippen LogP contribution < -0.4 is 10.6 Å². The van der Waals surface area contributed by atoms with Gasteiger partial charge in [0.15, 0.2) is 0 Å². The van der Waals surface area contributed by atoms with E-state index >= 15 is 0 Å². The number of aromatic nitrogens is 2. The normalized spacial score (nSPS) is 15.6. The van der Waals surface area contributed by atoms with Crippen LogP contribution in [0.15, 0.2) is 24.3 Å². The zero-order valence-electron chi connectivity index (χ0n) is 13.8. The van der Waals surface area contributed by atoms with Crippen LogP contribution in [0.3, 0.4) is 0 Å². The van der Waals surface area contributed by atoms with Gasteiger partial charge in [-0.3, -0.25) is 0 Å². The molecule has 1 fully saturated rings. The first-order valence-electron chi connectivity index (χ1n) is 8.31. The molecule has 4 nitrogen and oxygen atoms in total. The van der Waals surface area contributed by atoms with Gasteiger partial charge < -0.3 is 10.6 Å². The smallest absolute Gasteiger partial charge is 0.225 e. The average Bonchev–Trinajstić information content (AvgIpc) is 2.92. The van der Waals surface area contributed by atoms with Gasteiger partial charge in [0, 0.05) is 21.5 Å². The molecule has 2 N–H and O–H groups in total. The van der Waals surface area contributed by atoms with Crippen LogP contribution >= 0.6 is 34.5 Å². The molecule has 2 aromatic heterocycles. The number of hydrogen-bond acceptors (Lipinski definition) is 5. The van der Waals surface area contributed by atoms with Gasteiger partial charge in [-0.1, -0.05) is 23.7 Å². The van der Waals surface area contributed by atoms with E-state index in [1.807, 2.05) is 24.3 Å². The molecule has 0 aliphatic carbocycles. The van der Waals surface area contributed by atoms with Crippen molar-refractivity contribution in [2.75, 3.05) is 18.4 Å². The number of piperidine rings is 1. The van der Waals surface area contributed by atoms with Crippen molar-refractivity contribution in [1.29, 1.82) is 0 Å². The topological polar surface area (TPSA) is 49.8 Å². The Hall–Kier alpha value is -1.40. The molecule has 4 rings (SSSR count). The lowest BCUT2D eigenvalue weighted by atomic mass is 10.0. The summed E-state index contributed by atoms with van der Waals surface area (Å²) in [7, 11) is 0. The van der Waals surface area contributed by atoms with E-state index in [1.165, 1.54) is 4.88 Å². The van der Waals surface area contributed by atoms with Gasteiger partial charge in [-0.2, -0.15) is 0 Å². The molecular weight excluding hydrogens is 375 g/mol. The number of fused-ring (bicyclic) bond motifs is 1. The lowest BCUT2D eigenvalue weighted by Crippen LogP contribution is -2.35. The molecule has 0 atom stereocenters. The first-order chi connectivity index (χ1) is 12.1. The Morgan fingerprint density at radius 3 is 2.56 bits per heavy atom. The number of nitrogens with one attached hydrogen (secondary N) is 2. The second kappa shape index (κ2) is 7.08. The summed E-state index contributed by atoms with van der Waals surface area (Å²) >= 11 is 13.9. The van der Waals surface area contributed by atoms with Crippen molar-refractivity contribution < 1.29 is 0 Å². The van der Waals surface area contributed by atoms with Crippen molar-refractivity contribution in [2.24, 2.45) is 0 Å². The molecule has 0 saturated carbocycles. The first kappa shape index (κ1) is 17.0. The predicted molar refractivity (Wildman–Crippen MR) is 107 cm³/mol. The van der Waals surface area contributed by atoms with Crippen LogP contribution in [0.1, 0.15) is 17.7 Å². The fourth-order valence-electron chi connectivity index (χ4n) is 3.31. The van der Waals surface area contributed by atoms with Gasteiger partial charge in [0.2, 0.25) is 5.28 Å². The largest absolute Gasteiger partial charge is 0.367 e. The fraction of sp³-hybridized carbons (Fsp3) is 0.333. The Morgan fingerprint density at radius 1 is 1.12 bits per heavy atom. The molecule has 1 aliphatic rings. The van der Waals surface area contributed by atoms with Gasteiger partial charge in [0.05, 0.1) is 5.39 Å². The van der Waals surface area contributed by atoms with Gasteiger partial charge in [-0.25, -0.2) is 9.97 Å². The number of nitrogens with zero attached hydrogens (tertiary/aromatic N) is 2. The molecule has 130 valence electrons. The highest BCUT2D eigenvalue weighted by atomic mass is 35.5. The van der Waals surface area contributed by atoms with E-state index < -0.39 is 0 Å². The summed E-state index contributed by atoms with van der Waals surface area (Å²) in [6.45, 7) is 4.15. The molecule has 1 saturated heterocycles. The zero-order valence-corrected chi connectivity index (χ0v) is 16.1.